The summed E-state index contributed by atoms with van der Waals surface area (Å²) in [5, 5.41) is 2.89. The largest absolute Gasteiger partial charge is 0.0617 e. The van der Waals surface area contributed by atoms with E-state index < -0.39 is 0 Å². The SMILES string of the molecule is c1cc2c3c(c1)CCc1c-3c(cc3ccccc13)CC2. The highest BCUT2D eigenvalue weighted by Gasteiger charge is 2.26. The Morgan fingerprint density at radius 2 is 1.35 bits per heavy atom. The highest BCUT2D eigenvalue weighted by molar-refractivity contribution is 5.96. The lowest BCUT2D eigenvalue weighted by Crippen LogP contribution is -2.14. The lowest BCUT2D eigenvalue weighted by Gasteiger charge is -2.30. The average molecular weight is 256 g/mol. The smallest absolute Gasteiger partial charge is 0.0108 e. The summed E-state index contributed by atoms with van der Waals surface area (Å²) in [5.41, 5.74) is 9.43. The number of aryl methyl sites for hydroxylation is 4. The molecule has 0 atom stereocenters. The van der Waals surface area contributed by atoms with E-state index in [1.807, 2.05) is 0 Å². The summed E-state index contributed by atoms with van der Waals surface area (Å²) in [5.74, 6) is 0. The molecule has 2 aliphatic rings. The van der Waals surface area contributed by atoms with Crippen molar-refractivity contribution in [2.24, 2.45) is 0 Å². The van der Waals surface area contributed by atoms with Crippen molar-refractivity contribution in [2.45, 2.75) is 25.7 Å². The molecule has 0 radical (unpaired) electrons. The van der Waals surface area contributed by atoms with Crippen LogP contribution in [0, 0.1) is 0 Å². The molecule has 3 aromatic carbocycles. The van der Waals surface area contributed by atoms with Crippen molar-refractivity contribution in [3.8, 4) is 11.1 Å². The van der Waals surface area contributed by atoms with Gasteiger partial charge in [0.05, 0.1) is 0 Å². The zero-order chi connectivity index (χ0) is 13.1. The van der Waals surface area contributed by atoms with Crippen molar-refractivity contribution < 1.29 is 0 Å². The van der Waals surface area contributed by atoms with Crippen LogP contribution in [0.5, 0.6) is 0 Å². The molecular formula is C20H16. The van der Waals surface area contributed by atoms with Gasteiger partial charge >= 0.3 is 0 Å². The fraction of sp³-hybridized carbons (Fsp3) is 0.200. The Hall–Kier alpha value is -2.08. The van der Waals surface area contributed by atoms with Gasteiger partial charge in [-0.25, -0.2) is 0 Å². The van der Waals surface area contributed by atoms with Crippen LogP contribution in [-0.4, -0.2) is 0 Å². The van der Waals surface area contributed by atoms with Crippen LogP contribution in [0.25, 0.3) is 21.9 Å². The molecule has 0 unspecified atom stereocenters. The van der Waals surface area contributed by atoms with E-state index >= 15 is 0 Å². The Labute approximate surface area is 119 Å². The Balaban J connectivity index is 1.98. The van der Waals surface area contributed by atoms with Crippen LogP contribution in [0.2, 0.25) is 0 Å². The van der Waals surface area contributed by atoms with E-state index in [9.17, 15) is 0 Å². The maximum Gasteiger partial charge on any atom is -0.0108 e. The minimum Gasteiger partial charge on any atom is -0.0617 e. The number of hydrogen-bond donors (Lipinski definition) is 0. The summed E-state index contributed by atoms with van der Waals surface area (Å²) in [6.07, 6.45) is 4.79. The zero-order valence-corrected chi connectivity index (χ0v) is 11.4. The van der Waals surface area contributed by atoms with Crippen LogP contribution in [0.1, 0.15) is 22.3 Å². The van der Waals surface area contributed by atoms with Gasteiger partial charge in [-0.1, -0.05) is 48.5 Å². The summed E-state index contributed by atoms with van der Waals surface area (Å²) in [7, 11) is 0. The van der Waals surface area contributed by atoms with Gasteiger partial charge in [0.25, 0.3) is 0 Å². The molecule has 0 aliphatic heterocycles. The Morgan fingerprint density at radius 3 is 2.25 bits per heavy atom. The summed E-state index contributed by atoms with van der Waals surface area (Å²) in [4.78, 5) is 0. The van der Waals surface area contributed by atoms with E-state index in [1.54, 1.807) is 33.4 Å². The number of benzene rings is 3. The van der Waals surface area contributed by atoms with Crippen LogP contribution in [-0.2, 0) is 25.7 Å². The second-order valence-corrected chi connectivity index (χ2v) is 6.06. The summed E-state index contributed by atoms with van der Waals surface area (Å²) in [6, 6.07) is 18.2. The molecule has 0 bridgehead atoms. The number of rotatable bonds is 0. The van der Waals surface area contributed by atoms with Crippen molar-refractivity contribution in [1.82, 2.24) is 0 Å². The number of hydrogen-bond acceptors (Lipinski definition) is 0. The fourth-order valence-electron chi connectivity index (χ4n) is 4.17. The second kappa shape index (κ2) is 3.73. The first kappa shape index (κ1) is 10.7. The molecule has 5 rings (SSSR count). The molecule has 0 N–H and O–H groups in total. The molecule has 0 fully saturated rings. The Kier molecular flexibility index (Phi) is 1.99. The molecule has 0 aromatic heterocycles. The highest BCUT2D eigenvalue weighted by Crippen LogP contribution is 2.44. The lowest BCUT2D eigenvalue weighted by molar-refractivity contribution is 0.883. The van der Waals surface area contributed by atoms with E-state index in [0.717, 1.165) is 0 Å². The van der Waals surface area contributed by atoms with Gasteiger partial charge in [0.2, 0.25) is 0 Å². The molecule has 0 heterocycles. The average Bonchev–Trinajstić information content (AvgIpc) is 2.52. The van der Waals surface area contributed by atoms with Crippen LogP contribution in [0.4, 0.5) is 0 Å². The second-order valence-electron chi connectivity index (χ2n) is 6.06. The van der Waals surface area contributed by atoms with Crippen molar-refractivity contribution in [3.05, 3.63) is 70.8 Å². The first-order chi connectivity index (χ1) is 9.92. The van der Waals surface area contributed by atoms with E-state index in [1.165, 1.54) is 36.5 Å². The predicted molar refractivity (Wildman–Crippen MR) is 84.2 cm³/mol. The third-order valence-electron chi connectivity index (χ3n) is 5.03. The van der Waals surface area contributed by atoms with Crippen LogP contribution < -0.4 is 0 Å². The molecule has 0 saturated carbocycles. The molecule has 0 spiro atoms. The summed E-state index contributed by atoms with van der Waals surface area (Å²) in [6.45, 7) is 0. The van der Waals surface area contributed by atoms with Gasteiger partial charge in [-0.3, -0.25) is 0 Å². The van der Waals surface area contributed by atoms with Gasteiger partial charge < -0.3 is 0 Å². The molecule has 96 valence electrons. The topological polar surface area (TPSA) is 0 Å². The quantitative estimate of drug-likeness (QED) is 0.546. The van der Waals surface area contributed by atoms with Crippen LogP contribution in [0.3, 0.4) is 0 Å². The third-order valence-corrected chi connectivity index (χ3v) is 5.03. The molecule has 20 heavy (non-hydrogen) atoms. The highest BCUT2D eigenvalue weighted by atomic mass is 14.3. The Bertz CT molecular complexity index is 841. The molecule has 0 amide bonds. The summed E-state index contributed by atoms with van der Waals surface area (Å²) >= 11 is 0. The van der Waals surface area contributed by atoms with Gasteiger partial charge in [0.1, 0.15) is 0 Å². The fourth-order valence-corrected chi connectivity index (χ4v) is 4.17. The van der Waals surface area contributed by atoms with Crippen molar-refractivity contribution in [1.29, 1.82) is 0 Å². The predicted octanol–water partition coefficient (Wildman–Crippen LogP) is 4.70. The minimum atomic E-state index is 1.19. The maximum absolute atomic E-state index is 2.43. The van der Waals surface area contributed by atoms with Crippen molar-refractivity contribution in [2.75, 3.05) is 0 Å². The first-order valence-electron chi connectivity index (χ1n) is 7.56. The van der Waals surface area contributed by atoms with Crippen molar-refractivity contribution >= 4 is 10.8 Å². The lowest BCUT2D eigenvalue weighted by atomic mass is 9.74. The van der Waals surface area contributed by atoms with E-state index in [0.29, 0.717) is 0 Å². The van der Waals surface area contributed by atoms with Gasteiger partial charge in [-0.05, 0) is 69.8 Å². The van der Waals surface area contributed by atoms with Gasteiger partial charge in [0.15, 0.2) is 0 Å². The molecule has 0 heteroatoms. The van der Waals surface area contributed by atoms with Gasteiger partial charge in [-0.2, -0.15) is 0 Å². The molecule has 2 aliphatic carbocycles. The van der Waals surface area contributed by atoms with E-state index in [2.05, 4.69) is 48.5 Å². The summed E-state index contributed by atoms with van der Waals surface area (Å²) < 4.78 is 0. The van der Waals surface area contributed by atoms with Crippen LogP contribution >= 0.6 is 0 Å². The zero-order valence-electron chi connectivity index (χ0n) is 11.4. The molecule has 0 nitrogen and oxygen atoms in total. The Morgan fingerprint density at radius 1 is 0.600 bits per heavy atom. The van der Waals surface area contributed by atoms with Gasteiger partial charge in [0, 0.05) is 0 Å². The third kappa shape index (κ3) is 1.27. The molecule has 3 aromatic rings. The van der Waals surface area contributed by atoms with Crippen LogP contribution in [0.15, 0.2) is 48.5 Å². The monoisotopic (exact) mass is 256 g/mol. The number of fused-ring (bicyclic) bond motifs is 2. The standard InChI is InChI=1S/C20H16/c1-2-7-17-15(4-1)12-16-9-8-13-5-3-6-14-10-11-18(17)20(16)19(13)14/h1-7,12H,8-11H2. The maximum atomic E-state index is 2.43. The van der Waals surface area contributed by atoms with Crippen molar-refractivity contribution in [3.63, 3.8) is 0 Å². The van der Waals surface area contributed by atoms with Gasteiger partial charge in [-0.15, -0.1) is 0 Å². The van der Waals surface area contributed by atoms with E-state index in [-0.39, 0.29) is 0 Å². The normalized spacial score (nSPS) is 15.2. The first-order valence-corrected chi connectivity index (χ1v) is 7.56. The van der Waals surface area contributed by atoms with E-state index in [4.69, 9.17) is 0 Å². The molecular weight excluding hydrogens is 240 g/mol. The molecule has 0 saturated heterocycles. The minimum absolute atomic E-state index is 1.19.